The van der Waals surface area contributed by atoms with E-state index in [-0.39, 0.29) is 17.9 Å². The first kappa shape index (κ1) is 21.5. The Labute approximate surface area is 153 Å². The molecule has 0 aliphatic rings. The Morgan fingerprint density at radius 3 is 2.00 bits per heavy atom. The molecule has 5 nitrogen and oxygen atoms in total. The standard InChI is InChI=1S/C19H32N2O3S/c1-7-13-20(14-8-2)18(22)15-21(25(6,23)24)17-12-10-9-11-16(17)19(3,4)5/h9-12H,7-8,13-15H2,1-6H3. The Morgan fingerprint density at radius 1 is 1.04 bits per heavy atom. The average Bonchev–Trinajstić information content (AvgIpc) is 2.50. The third kappa shape index (κ3) is 6.03. The van der Waals surface area contributed by atoms with E-state index < -0.39 is 10.0 Å². The first-order chi connectivity index (χ1) is 11.5. The molecule has 1 amide bonds. The summed E-state index contributed by atoms with van der Waals surface area (Å²) in [5.74, 6) is -0.155. The molecule has 0 atom stereocenters. The molecule has 0 aromatic heterocycles. The molecule has 0 fully saturated rings. The molecule has 0 N–H and O–H groups in total. The second kappa shape index (κ2) is 8.70. The number of rotatable bonds is 8. The van der Waals surface area contributed by atoms with Crippen LogP contribution in [0.15, 0.2) is 24.3 Å². The highest BCUT2D eigenvalue weighted by Gasteiger charge is 2.28. The van der Waals surface area contributed by atoms with E-state index in [1.54, 1.807) is 11.0 Å². The van der Waals surface area contributed by atoms with Crippen LogP contribution in [0.2, 0.25) is 0 Å². The van der Waals surface area contributed by atoms with Gasteiger partial charge in [-0.1, -0.05) is 52.8 Å². The summed E-state index contributed by atoms with van der Waals surface area (Å²) in [6.45, 7) is 11.3. The van der Waals surface area contributed by atoms with Gasteiger partial charge in [-0.25, -0.2) is 8.42 Å². The minimum absolute atomic E-state index is 0.155. The van der Waals surface area contributed by atoms with Crippen LogP contribution in [-0.2, 0) is 20.2 Å². The van der Waals surface area contributed by atoms with E-state index in [4.69, 9.17) is 0 Å². The molecular weight excluding hydrogens is 336 g/mol. The lowest BCUT2D eigenvalue weighted by molar-refractivity contribution is -0.129. The van der Waals surface area contributed by atoms with E-state index in [0.29, 0.717) is 18.8 Å². The maximum absolute atomic E-state index is 12.7. The van der Waals surface area contributed by atoms with Crippen molar-refractivity contribution in [2.75, 3.05) is 30.2 Å². The number of para-hydroxylation sites is 1. The number of amides is 1. The lowest BCUT2D eigenvalue weighted by Crippen LogP contribution is -2.44. The molecule has 1 aromatic carbocycles. The van der Waals surface area contributed by atoms with Gasteiger partial charge >= 0.3 is 0 Å². The van der Waals surface area contributed by atoms with Crippen LogP contribution in [0.1, 0.15) is 53.0 Å². The second-order valence-electron chi connectivity index (χ2n) is 7.42. The Bertz CT molecular complexity index is 672. The number of carbonyl (C=O) groups is 1. The molecule has 0 radical (unpaired) electrons. The van der Waals surface area contributed by atoms with Crippen molar-refractivity contribution >= 4 is 21.6 Å². The second-order valence-corrected chi connectivity index (χ2v) is 9.32. The zero-order valence-corrected chi connectivity index (χ0v) is 17.2. The summed E-state index contributed by atoms with van der Waals surface area (Å²) in [4.78, 5) is 14.5. The van der Waals surface area contributed by atoms with Gasteiger partial charge in [0, 0.05) is 13.1 Å². The van der Waals surface area contributed by atoms with Gasteiger partial charge < -0.3 is 4.90 Å². The predicted molar refractivity (Wildman–Crippen MR) is 104 cm³/mol. The maximum Gasteiger partial charge on any atom is 0.243 e. The van der Waals surface area contributed by atoms with E-state index in [0.717, 1.165) is 24.7 Å². The number of carbonyl (C=O) groups excluding carboxylic acids is 1. The summed E-state index contributed by atoms with van der Waals surface area (Å²) in [6.07, 6.45) is 2.86. The van der Waals surface area contributed by atoms with Gasteiger partial charge in [-0.3, -0.25) is 9.10 Å². The van der Waals surface area contributed by atoms with Crippen molar-refractivity contribution in [3.63, 3.8) is 0 Å². The fourth-order valence-corrected chi connectivity index (χ4v) is 3.69. The molecule has 0 unspecified atom stereocenters. The Hall–Kier alpha value is -1.56. The number of sulfonamides is 1. The first-order valence-corrected chi connectivity index (χ1v) is 10.7. The van der Waals surface area contributed by atoms with Crippen molar-refractivity contribution in [2.24, 2.45) is 0 Å². The van der Waals surface area contributed by atoms with Crippen molar-refractivity contribution in [3.05, 3.63) is 29.8 Å². The average molecular weight is 369 g/mol. The van der Waals surface area contributed by atoms with Crippen LogP contribution in [0.4, 0.5) is 5.69 Å². The van der Waals surface area contributed by atoms with Crippen molar-refractivity contribution in [2.45, 2.75) is 52.9 Å². The van der Waals surface area contributed by atoms with E-state index in [2.05, 4.69) is 0 Å². The van der Waals surface area contributed by atoms with E-state index >= 15 is 0 Å². The quantitative estimate of drug-likeness (QED) is 0.707. The van der Waals surface area contributed by atoms with Crippen LogP contribution in [0, 0.1) is 0 Å². The minimum Gasteiger partial charge on any atom is -0.341 e. The van der Waals surface area contributed by atoms with Gasteiger partial charge in [0.1, 0.15) is 6.54 Å². The van der Waals surface area contributed by atoms with Gasteiger partial charge in [0.15, 0.2) is 0 Å². The number of nitrogens with zero attached hydrogens (tertiary/aromatic N) is 2. The van der Waals surface area contributed by atoms with Crippen LogP contribution in [0.3, 0.4) is 0 Å². The molecule has 6 heteroatoms. The lowest BCUT2D eigenvalue weighted by Gasteiger charge is -2.31. The number of hydrogen-bond donors (Lipinski definition) is 0. The van der Waals surface area contributed by atoms with Gasteiger partial charge in [0.2, 0.25) is 15.9 Å². The zero-order chi connectivity index (χ0) is 19.3. The van der Waals surface area contributed by atoms with Crippen LogP contribution < -0.4 is 4.31 Å². The number of anilines is 1. The monoisotopic (exact) mass is 368 g/mol. The van der Waals surface area contributed by atoms with Crippen molar-refractivity contribution < 1.29 is 13.2 Å². The zero-order valence-electron chi connectivity index (χ0n) is 16.4. The van der Waals surface area contributed by atoms with Crippen molar-refractivity contribution in [3.8, 4) is 0 Å². The van der Waals surface area contributed by atoms with Gasteiger partial charge in [-0.15, -0.1) is 0 Å². The van der Waals surface area contributed by atoms with Crippen molar-refractivity contribution in [1.29, 1.82) is 0 Å². The summed E-state index contributed by atoms with van der Waals surface area (Å²) >= 11 is 0. The highest BCUT2D eigenvalue weighted by Crippen LogP contribution is 2.33. The molecular formula is C19H32N2O3S. The summed E-state index contributed by atoms with van der Waals surface area (Å²) in [7, 11) is -3.57. The maximum atomic E-state index is 12.7. The van der Waals surface area contributed by atoms with Gasteiger partial charge in [-0.2, -0.15) is 0 Å². The third-order valence-electron chi connectivity index (χ3n) is 4.00. The lowest BCUT2D eigenvalue weighted by atomic mass is 9.86. The third-order valence-corrected chi connectivity index (χ3v) is 5.13. The summed E-state index contributed by atoms with van der Waals surface area (Å²) in [5.41, 5.74) is 1.26. The van der Waals surface area contributed by atoms with E-state index in [1.165, 1.54) is 4.31 Å². The molecule has 142 valence electrons. The molecule has 0 spiro atoms. The molecule has 1 rings (SSSR count). The molecule has 0 saturated carbocycles. The SMILES string of the molecule is CCCN(CCC)C(=O)CN(c1ccccc1C(C)(C)C)S(C)(=O)=O. The van der Waals surface area contributed by atoms with E-state index in [1.807, 2.05) is 52.8 Å². The molecule has 1 aromatic rings. The van der Waals surface area contributed by atoms with Crippen LogP contribution in [0.5, 0.6) is 0 Å². The largest absolute Gasteiger partial charge is 0.341 e. The fourth-order valence-electron chi connectivity index (χ4n) is 2.83. The van der Waals surface area contributed by atoms with Gasteiger partial charge in [0.25, 0.3) is 0 Å². The van der Waals surface area contributed by atoms with Gasteiger partial charge in [-0.05, 0) is 29.9 Å². The molecule has 0 aliphatic carbocycles. The molecule has 0 aliphatic heterocycles. The normalized spacial score (nSPS) is 12.1. The topological polar surface area (TPSA) is 57.7 Å². The molecule has 25 heavy (non-hydrogen) atoms. The van der Waals surface area contributed by atoms with Gasteiger partial charge in [0.05, 0.1) is 11.9 Å². The predicted octanol–water partition coefficient (Wildman–Crippen LogP) is 3.40. The number of benzene rings is 1. The Balaban J connectivity index is 3.28. The number of hydrogen-bond acceptors (Lipinski definition) is 3. The highest BCUT2D eigenvalue weighted by molar-refractivity contribution is 7.92. The van der Waals surface area contributed by atoms with Crippen molar-refractivity contribution in [1.82, 2.24) is 4.90 Å². The fraction of sp³-hybridized carbons (Fsp3) is 0.632. The summed E-state index contributed by atoms with van der Waals surface area (Å²) in [5, 5.41) is 0. The first-order valence-electron chi connectivity index (χ1n) is 8.87. The smallest absolute Gasteiger partial charge is 0.243 e. The Kier molecular flexibility index (Phi) is 7.47. The molecule has 0 saturated heterocycles. The molecule has 0 heterocycles. The Morgan fingerprint density at radius 2 is 1.56 bits per heavy atom. The molecule has 0 bridgehead atoms. The van der Waals surface area contributed by atoms with E-state index in [9.17, 15) is 13.2 Å². The van der Waals surface area contributed by atoms with Crippen LogP contribution in [0.25, 0.3) is 0 Å². The van der Waals surface area contributed by atoms with Crippen LogP contribution in [-0.4, -0.2) is 45.1 Å². The summed E-state index contributed by atoms with van der Waals surface area (Å²) < 4.78 is 26.1. The minimum atomic E-state index is -3.57. The highest BCUT2D eigenvalue weighted by atomic mass is 32.2. The van der Waals surface area contributed by atoms with Crippen LogP contribution >= 0.6 is 0 Å². The summed E-state index contributed by atoms with van der Waals surface area (Å²) in [6, 6.07) is 7.41.